The molecule has 0 aromatic carbocycles. The first kappa shape index (κ1) is 15.6. The molecule has 2 N–H and O–H groups in total. The van der Waals surface area contributed by atoms with Crippen LogP contribution in [0.5, 0.6) is 0 Å². The standard InChI is InChI=1S/C13H27N3OS/c1-5-14-12(15-9-11(2)18-4)16-10-13(3)7-6-8-17-13/h11H,5-10H2,1-4H3,(H2,14,15,16). The highest BCUT2D eigenvalue weighted by Gasteiger charge is 2.29. The number of ether oxygens (including phenoxy) is 1. The Morgan fingerprint density at radius 1 is 1.50 bits per heavy atom. The fraction of sp³-hybridized carbons (Fsp3) is 0.923. The van der Waals surface area contributed by atoms with Gasteiger partial charge in [-0.1, -0.05) is 6.92 Å². The van der Waals surface area contributed by atoms with Crippen LogP contribution in [0.4, 0.5) is 0 Å². The van der Waals surface area contributed by atoms with E-state index in [4.69, 9.17) is 4.74 Å². The van der Waals surface area contributed by atoms with Crippen molar-refractivity contribution < 1.29 is 4.74 Å². The summed E-state index contributed by atoms with van der Waals surface area (Å²) in [6.07, 6.45) is 4.39. The van der Waals surface area contributed by atoms with Crippen molar-refractivity contribution in [1.82, 2.24) is 10.6 Å². The van der Waals surface area contributed by atoms with Gasteiger partial charge in [0.05, 0.1) is 12.1 Å². The summed E-state index contributed by atoms with van der Waals surface area (Å²) in [7, 11) is 0. The molecule has 1 aliphatic heterocycles. The summed E-state index contributed by atoms with van der Waals surface area (Å²) in [6.45, 7) is 9.88. The molecule has 1 aliphatic rings. The Morgan fingerprint density at radius 2 is 2.28 bits per heavy atom. The lowest BCUT2D eigenvalue weighted by atomic mass is 10.0. The van der Waals surface area contributed by atoms with Gasteiger partial charge in [0.2, 0.25) is 0 Å². The van der Waals surface area contributed by atoms with E-state index >= 15 is 0 Å². The van der Waals surface area contributed by atoms with Gasteiger partial charge in [0.25, 0.3) is 0 Å². The van der Waals surface area contributed by atoms with Crippen molar-refractivity contribution in [1.29, 1.82) is 0 Å². The fourth-order valence-electron chi connectivity index (χ4n) is 1.87. The lowest BCUT2D eigenvalue weighted by Gasteiger charge is -2.22. The maximum Gasteiger partial charge on any atom is 0.191 e. The molecular weight excluding hydrogens is 246 g/mol. The monoisotopic (exact) mass is 273 g/mol. The second-order valence-electron chi connectivity index (χ2n) is 5.02. The van der Waals surface area contributed by atoms with Crippen molar-refractivity contribution in [2.75, 3.05) is 32.5 Å². The number of hydrogen-bond donors (Lipinski definition) is 2. The molecule has 0 saturated carbocycles. The average molecular weight is 273 g/mol. The summed E-state index contributed by atoms with van der Waals surface area (Å²) < 4.78 is 5.75. The molecule has 1 saturated heterocycles. The summed E-state index contributed by atoms with van der Waals surface area (Å²) in [5.41, 5.74) is -0.0620. The van der Waals surface area contributed by atoms with Gasteiger partial charge in [-0.3, -0.25) is 4.99 Å². The van der Waals surface area contributed by atoms with E-state index in [9.17, 15) is 0 Å². The molecule has 2 atom stereocenters. The molecule has 18 heavy (non-hydrogen) atoms. The Bertz CT molecular complexity index is 265. The number of rotatable bonds is 6. The van der Waals surface area contributed by atoms with E-state index in [0.717, 1.165) is 45.0 Å². The van der Waals surface area contributed by atoms with E-state index < -0.39 is 0 Å². The van der Waals surface area contributed by atoms with Crippen molar-refractivity contribution >= 4 is 17.7 Å². The normalized spacial score (nSPS) is 26.1. The van der Waals surface area contributed by atoms with E-state index in [0.29, 0.717) is 5.25 Å². The molecule has 2 unspecified atom stereocenters. The van der Waals surface area contributed by atoms with Crippen LogP contribution in [0.1, 0.15) is 33.6 Å². The zero-order valence-corrected chi connectivity index (χ0v) is 12.9. The Morgan fingerprint density at radius 3 is 2.83 bits per heavy atom. The zero-order chi connectivity index (χ0) is 13.4. The minimum Gasteiger partial charge on any atom is -0.373 e. The van der Waals surface area contributed by atoms with Crippen LogP contribution in [0, 0.1) is 0 Å². The second-order valence-corrected chi connectivity index (χ2v) is 6.30. The summed E-state index contributed by atoms with van der Waals surface area (Å²) in [5.74, 6) is 0.898. The van der Waals surface area contributed by atoms with Crippen molar-refractivity contribution in [2.24, 2.45) is 4.99 Å². The second kappa shape index (κ2) is 7.89. The van der Waals surface area contributed by atoms with Crippen LogP contribution < -0.4 is 10.6 Å². The van der Waals surface area contributed by atoms with E-state index in [2.05, 4.69) is 42.7 Å². The van der Waals surface area contributed by atoms with Gasteiger partial charge in [-0.2, -0.15) is 11.8 Å². The van der Waals surface area contributed by atoms with Gasteiger partial charge < -0.3 is 15.4 Å². The number of hydrogen-bond acceptors (Lipinski definition) is 3. The minimum atomic E-state index is -0.0620. The average Bonchev–Trinajstić information content (AvgIpc) is 2.79. The number of nitrogens with zero attached hydrogens (tertiary/aromatic N) is 1. The number of nitrogens with one attached hydrogen (secondary N) is 2. The van der Waals surface area contributed by atoms with E-state index in [1.807, 2.05) is 11.8 Å². The summed E-state index contributed by atoms with van der Waals surface area (Å²) in [5, 5.41) is 7.24. The zero-order valence-electron chi connectivity index (χ0n) is 12.1. The number of aliphatic imine (C=N–C) groups is 1. The lowest BCUT2D eigenvalue weighted by Crippen LogP contribution is -2.41. The first-order chi connectivity index (χ1) is 8.59. The third-order valence-corrected chi connectivity index (χ3v) is 4.15. The third kappa shape index (κ3) is 5.48. The van der Waals surface area contributed by atoms with E-state index in [-0.39, 0.29) is 5.60 Å². The van der Waals surface area contributed by atoms with Crippen LogP contribution in [0.2, 0.25) is 0 Å². The molecular formula is C13H27N3OS. The van der Waals surface area contributed by atoms with Gasteiger partial charge in [0, 0.05) is 24.9 Å². The van der Waals surface area contributed by atoms with Crippen molar-refractivity contribution in [3.8, 4) is 0 Å². The van der Waals surface area contributed by atoms with Crippen LogP contribution in [0.25, 0.3) is 0 Å². The molecule has 0 aromatic rings. The Balaban J connectivity index is 2.44. The van der Waals surface area contributed by atoms with Crippen LogP contribution in [-0.2, 0) is 4.74 Å². The molecule has 0 spiro atoms. The molecule has 106 valence electrons. The van der Waals surface area contributed by atoms with E-state index in [1.165, 1.54) is 0 Å². The highest BCUT2D eigenvalue weighted by atomic mass is 32.2. The van der Waals surface area contributed by atoms with Crippen LogP contribution in [0.15, 0.2) is 4.99 Å². The molecule has 0 bridgehead atoms. The first-order valence-corrected chi connectivity index (χ1v) is 8.07. The fourth-order valence-corrected chi connectivity index (χ4v) is 2.12. The Labute approximate surface area is 115 Å². The Hall–Kier alpha value is -0.420. The predicted molar refractivity (Wildman–Crippen MR) is 80.5 cm³/mol. The quantitative estimate of drug-likeness (QED) is 0.573. The molecule has 0 aliphatic carbocycles. The minimum absolute atomic E-state index is 0.0620. The molecule has 1 rings (SSSR count). The van der Waals surface area contributed by atoms with Crippen molar-refractivity contribution in [2.45, 2.75) is 44.5 Å². The van der Waals surface area contributed by atoms with Gasteiger partial charge in [0.15, 0.2) is 5.96 Å². The molecule has 1 fully saturated rings. The molecule has 0 amide bonds. The summed E-state index contributed by atoms with van der Waals surface area (Å²) in [6, 6.07) is 0. The molecule has 1 heterocycles. The molecule has 0 radical (unpaired) electrons. The topological polar surface area (TPSA) is 45.7 Å². The molecule has 5 heteroatoms. The van der Waals surface area contributed by atoms with Crippen LogP contribution in [-0.4, -0.2) is 49.3 Å². The van der Waals surface area contributed by atoms with Gasteiger partial charge in [-0.05, 0) is 32.9 Å². The van der Waals surface area contributed by atoms with Gasteiger partial charge >= 0.3 is 0 Å². The van der Waals surface area contributed by atoms with Gasteiger partial charge in [-0.25, -0.2) is 0 Å². The highest BCUT2D eigenvalue weighted by Crippen LogP contribution is 2.24. The number of guanidine groups is 1. The molecule has 4 nitrogen and oxygen atoms in total. The van der Waals surface area contributed by atoms with Crippen molar-refractivity contribution in [3.05, 3.63) is 0 Å². The SMILES string of the molecule is CCNC(=NCC1(C)CCCO1)NCC(C)SC. The lowest BCUT2D eigenvalue weighted by molar-refractivity contribution is 0.0283. The Kier molecular flexibility index (Phi) is 6.86. The van der Waals surface area contributed by atoms with Crippen molar-refractivity contribution in [3.63, 3.8) is 0 Å². The summed E-state index contributed by atoms with van der Waals surface area (Å²) >= 11 is 1.86. The number of thioether (sulfide) groups is 1. The summed E-state index contributed by atoms with van der Waals surface area (Å²) in [4.78, 5) is 4.63. The first-order valence-electron chi connectivity index (χ1n) is 6.78. The maximum atomic E-state index is 5.75. The van der Waals surface area contributed by atoms with Gasteiger partial charge in [-0.15, -0.1) is 0 Å². The smallest absolute Gasteiger partial charge is 0.191 e. The third-order valence-electron chi connectivity index (χ3n) is 3.18. The largest absolute Gasteiger partial charge is 0.373 e. The predicted octanol–water partition coefficient (Wildman–Crippen LogP) is 1.86. The van der Waals surface area contributed by atoms with Crippen LogP contribution >= 0.6 is 11.8 Å². The van der Waals surface area contributed by atoms with Gasteiger partial charge in [0.1, 0.15) is 0 Å². The molecule has 0 aromatic heterocycles. The highest BCUT2D eigenvalue weighted by molar-refractivity contribution is 7.99. The maximum absolute atomic E-state index is 5.75. The van der Waals surface area contributed by atoms with Crippen LogP contribution in [0.3, 0.4) is 0 Å². The van der Waals surface area contributed by atoms with E-state index in [1.54, 1.807) is 0 Å².